The number of hydrogen-bond acceptors (Lipinski definition) is 7. The number of H-pyrrole nitrogens is 1. The molecule has 8 nitrogen and oxygen atoms in total. The summed E-state index contributed by atoms with van der Waals surface area (Å²) in [6.07, 6.45) is 2.92. The van der Waals surface area contributed by atoms with Crippen molar-refractivity contribution >= 4 is 34.5 Å². The normalized spacial score (nSPS) is 23.6. The first kappa shape index (κ1) is 18.7. The van der Waals surface area contributed by atoms with Gasteiger partial charge >= 0.3 is 0 Å². The summed E-state index contributed by atoms with van der Waals surface area (Å²) in [4.78, 5) is 29.3. The summed E-state index contributed by atoms with van der Waals surface area (Å²) in [6, 6.07) is 6.62. The van der Waals surface area contributed by atoms with E-state index in [0.717, 1.165) is 34.4 Å². The smallest absolute Gasteiger partial charge is 0.290 e. The minimum atomic E-state index is -0.250. The number of carboxylic acid groups (broad SMARTS) is 1. The summed E-state index contributed by atoms with van der Waals surface area (Å²) in [6.45, 7) is 2.77. The highest BCUT2D eigenvalue weighted by molar-refractivity contribution is 7.14. The van der Waals surface area contributed by atoms with Crippen LogP contribution in [-0.4, -0.2) is 69.2 Å². The fraction of sp³-hybridized carbons (Fsp3) is 0.368. The molecular weight excluding hydrogens is 378 g/mol. The first-order valence-electron chi connectivity index (χ1n) is 9.01. The maximum Gasteiger partial charge on any atom is 0.290 e. The van der Waals surface area contributed by atoms with Gasteiger partial charge in [0.15, 0.2) is 0 Å². The predicted octanol–water partition coefficient (Wildman–Crippen LogP) is 1.92. The van der Waals surface area contributed by atoms with Crippen LogP contribution in [0.25, 0.3) is 21.5 Å². The molecule has 28 heavy (non-hydrogen) atoms. The van der Waals surface area contributed by atoms with Gasteiger partial charge in [-0.2, -0.15) is 5.10 Å². The van der Waals surface area contributed by atoms with Crippen molar-refractivity contribution in [3.05, 3.63) is 35.0 Å². The molecule has 4 heterocycles. The molecule has 5 rings (SSSR count). The Bertz CT molecular complexity index is 1030. The van der Waals surface area contributed by atoms with Gasteiger partial charge in [-0.1, -0.05) is 6.07 Å². The molecule has 0 spiro atoms. The third kappa shape index (κ3) is 3.11. The number of aryl methyl sites for hydroxylation is 1. The number of thiazole rings is 1. The number of ketones is 1. The Balaban J connectivity index is 0.000000604. The van der Waals surface area contributed by atoms with Gasteiger partial charge in [-0.3, -0.25) is 19.6 Å². The topological polar surface area (TPSA) is 111 Å². The molecule has 2 fully saturated rings. The number of nitrogens with one attached hydrogen (secondary N) is 2. The van der Waals surface area contributed by atoms with E-state index in [0.29, 0.717) is 11.7 Å². The lowest BCUT2D eigenvalue weighted by Gasteiger charge is -2.30. The first-order valence-corrected chi connectivity index (χ1v) is 9.83. The van der Waals surface area contributed by atoms with Crippen molar-refractivity contribution in [2.45, 2.75) is 31.5 Å². The Morgan fingerprint density at radius 3 is 2.86 bits per heavy atom. The molecule has 3 N–H and O–H groups in total. The van der Waals surface area contributed by atoms with Gasteiger partial charge in [0.2, 0.25) is 5.78 Å². The highest BCUT2D eigenvalue weighted by atomic mass is 32.1. The van der Waals surface area contributed by atoms with E-state index >= 15 is 0 Å². The lowest BCUT2D eigenvalue weighted by molar-refractivity contribution is -0.122. The van der Waals surface area contributed by atoms with Crippen LogP contribution in [0.2, 0.25) is 0 Å². The maximum absolute atomic E-state index is 13.1. The Hall–Kier alpha value is -2.62. The average Bonchev–Trinajstić information content (AvgIpc) is 3.44. The van der Waals surface area contributed by atoms with Gasteiger partial charge in [-0.25, -0.2) is 4.98 Å². The SMILES string of the molecule is Cc1cnc(-c2ccc3c(C(=O)C4[C@H]5C[C@@H](CN5)N4C)n[nH]c3c2)s1.O=CO. The van der Waals surface area contributed by atoms with Gasteiger partial charge in [-0.05, 0) is 32.5 Å². The zero-order valence-corrected chi connectivity index (χ0v) is 16.4. The molecule has 0 aliphatic carbocycles. The monoisotopic (exact) mass is 399 g/mol. The second-order valence-corrected chi connectivity index (χ2v) is 8.33. The van der Waals surface area contributed by atoms with E-state index in [1.807, 2.05) is 38.4 Å². The van der Waals surface area contributed by atoms with Gasteiger partial charge in [0.05, 0.1) is 11.6 Å². The number of hydrogen-bond donors (Lipinski definition) is 3. The standard InChI is InChI=1S/C18H19N5OS.CH2O2/c1-9-7-20-18(25-9)10-3-4-12-13(5-10)21-22-15(12)17(24)16-14-6-11(8-19-14)23(16)2;2-1-3/h3-5,7,11,14,16,19H,6,8H2,1-2H3,(H,21,22);1H,(H,2,3)/t11-,14+,16?;/m0./s1. The lowest BCUT2D eigenvalue weighted by atomic mass is 10.0. The average molecular weight is 399 g/mol. The minimum Gasteiger partial charge on any atom is -0.483 e. The summed E-state index contributed by atoms with van der Waals surface area (Å²) < 4.78 is 0. The van der Waals surface area contributed by atoms with Crippen LogP contribution in [0.1, 0.15) is 21.8 Å². The third-order valence-corrected chi connectivity index (χ3v) is 6.43. The van der Waals surface area contributed by atoms with Crippen LogP contribution in [0.4, 0.5) is 0 Å². The van der Waals surface area contributed by atoms with Crippen LogP contribution in [0, 0.1) is 6.92 Å². The second-order valence-electron chi connectivity index (χ2n) is 7.09. The van der Waals surface area contributed by atoms with Gasteiger partial charge in [0.25, 0.3) is 6.47 Å². The summed E-state index contributed by atoms with van der Waals surface area (Å²) in [5, 5.41) is 19.6. The van der Waals surface area contributed by atoms with Gasteiger partial charge in [-0.15, -0.1) is 11.3 Å². The summed E-state index contributed by atoms with van der Waals surface area (Å²) >= 11 is 1.66. The van der Waals surface area contributed by atoms with Crippen molar-refractivity contribution in [3.63, 3.8) is 0 Å². The van der Waals surface area contributed by atoms with Crippen LogP contribution >= 0.6 is 11.3 Å². The lowest BCUT2D eigenvalue weighted by Crippen LogP contribution is -2.53. The first-order chi connectivity index (χ1) is 13.5. The molecular formula is C19H21N5O3S. The van der Waals surface area contributed by atoms with Crippen molar-refractivity contribution < 1.29 is 14.7 Å². The number of aromatic nitrogens is 3. The molecule has 146 valence electrons. The zero-order chi connectivity index (χ0) is 19.8. The predicted molar refractivity (Wildman–Crippen MR) is 107 cm³/mol. The van der Waals surface area contributed by atoms with Crippen molar-refractivity contribution in [2.24, 2.45) is 0 Å². The number of rotatable bonds is 3. The number of carbonyl (C=O) groups is 2. The number of aromatic amines is 1. The number of nitrogens with zero attached hydrogens (tertiary/aromatic N) is 3. The molecule has 2 bridgehead atoms. The quantitative estimate of drug-likeness (QED) is 0.456. The molecule has 0 radical (unpaired) electrons. The number of likely N-dealkylation sites (tertiary alicyclic amines) is 1. The Morgan fingerprint density at radius 2 is 2.21 bits per heavy atom. The van der Waals surface area contributed by atoms with Crippen molar-refractivity contribution in [1.82, 2.24) is 25.4 Å². The number of benzene rings is 1. The Morgan fingerprint density at radius 1 is 1.43 bits per heavy atom. The fourth-order valence-electron chi connectivity index (χ4n) is 4.15. The van der Waals surface area contributed by atoms with E-state index in [1.54, 1.807) is 11.3 Å². The van der Waals surface area contributed by atoms with Crippen LogP contribution in [-0.2, 0) is 4.79 Å². The number of Topliss-reactive ketones (excluding diaryl/α,β-unsaturated/α-hetero) is 1. The molecule has 3 atom stereocenters. The molecule has 2 saturated heterocycles. The zero-order valence-electron chi connectivity index (χ0n) is 15.5. The van der Waals surface area contributed by atoms with E-state index in [9.17, 15) is 4.79 Å². The van der Waals surface area contributed by atoms with Crippen LogP contribution in [0.5, 0.6) is 0 Å². The Kier molecular flexibility index (Phi) is 4.96. The number of piperazine rings is 1. The van der Waals surface area contributed by atoms with Crippen LogP contribution in [0.3, 0.4) is 0 Å². The number of likely N-dealkylation sites (N-methyl/N-ethyl adjacent to an activating group) is 1. The summed E-state index contributed by atoms with van der Waals surface area (Å²) in [5.74, 6) is 0.103. The molecule has 2 aliphatic heterocycles. The molecule has 1 aromatic carbocycles. The van der Waals surface area contributed by atoms with Crippen molar-refractivity contribution in [1.29, 1.82) is 0 Å². The molecule has 0 saturated carbocycles. The second kappa shape index (κ2) is 7.42. The van der Waals surface area contributed by atoms with E-state index in [2.05, 4.69) is 25.4 Å². The number of carbonyl (C=O) groups excluding carboxylic acids is 1. The van der Waals surface area contributed by atoms with Gasteiger partial charge < -0.3 is 10.4 Å². The fourth-order valence-corrected chi connectivity index (χ4v) is 4.91. The van der Waals surface area contributed by atoms with E-state index in [4.69, 9.17) is 9.90 Å². The Labute approximate surface area is 165 Å². The van der Waals surface area contributed by atoms with Crippen LogP contribution in [0.15, 0.2) is 24.4 Å². The molecule has 3 aromatic rings. The van der Waals surface area contributed by atoms with E-state index < -0.39 is 0 Å². The molecule has 2 aromatic heterocycles. The van der Waals surface area contributed by atoms with Gasteiger partial charge in [0.1, 0.15) is 10.7 Å². The molecule has 9 heteroatoms. The third-order valence-electron chi connectivity index (χ3n) is 5.47. The van der Waals surface area contributed by atoms with Crippen molar-refractivity contribution in [3.8, 4) is 10.6 Å². The highest BCUT2D eigenvalue weighted by Crippen LogP contribution is 2.32. The van der Waals surface area contributed by atoms with Crippen LogP contribution < -0.4 is 5.32 Å². The highest BCUT2D eigenvalue weighted by Gasteiger charge is 2.48. The van der Waals surface area contributed by atoms with E-state index in [-0.39, 0.29) is 24.3 Å². The molecule has 0 amide bonds. The van der Waals surface area contributed by atoms with Gasteiger partial charge in [0, 0.05) is 40.7 Å². The van der Waals surface area contributed by atoms with E-state index in [1.165, 1.54) is 4.88 Å². The maximum atomic E-state index is 13.1. The minimum absolute atomic E-state index is 0.103. The number of fused-ring (bicyclic) bond motifs is 3. The largest absolute Gasteiger partial charge is 0.483 e. The van der Waals surface area contributed by atoms with Crippen molar-refractivity contribution in [2.75, 3.05) is 13.6 Å². The molecule has 1 unspecified atom stereocenters. The summed E-state index contributed by atoms with van der Waals surface area (Å²) in [5.41, 5.74) is 2.47. The summed E-state index contributed by atoms with van der Waals surface area (Å²) in [7, 11) is 2.05. The molecule has 2 aliphatic rings.